The van der Waals surface area contributed by atoms with Crippen molar-refractivity contribution in [2.45, 2.75) is 40.3 Å². The second kappa shape index (κ2) is 6.21. The van der Waals surface area contributed by atoms with Crippen LogP contribution in [0.4, 0.5) is 4.79 Å². The third kappa shape index (κ3) is 4.27. The van der Waals surface area contributed by atoms with Crippen LogP contribution in [0.25, 0.3) is 0 Å². The van der Waals surface area contributed by atoms with E-state index in [1.807, 2.05) is 6.92 Å². The van der Waals surface area contributed by atoms with Crippen LogP contribution in [0.3, 0.4) is 0 Å². The minimum atomic E-state index is -1.06. The minimum Gasteiger partial charge on any atom is -0.480 e. The second-order valence-corrected chi connectivity index (χ2v) is 4.64. The molecule has 7 nitrogen and oxygen atoms in total. The molecule has 0 fully saturated rings. The summed E-state index contributed by atoms with van der Waals surface area (Å²) in [6, 6.07) is -1.48. The number of aryl methyl sites for hydroxylation is 2. The maximum atomic E-state index is 11.6. The number of carbonyl (C=O) groups excluding carboxylic acids is 1. The van der Waals surface area contributed by atoms with Crippen molar-refractivity contribution in [1.29, 1.82) is 0 Å². The molecule has 3 N–H and O–H groups in total. The van der Waals surface area contributed by atoms with E-state index in [0.29, 0.717) is 11.7 Å². The number of rotatable bonds is 5. The molecule has 0 radical (unpaired) electrons. The van der Waals surface area contributed by atoms with E-state index in [4.69, 9.17) is 9.52 Å². The van der Waals surface area contributed by atoms with Gasteiger partial charge in [0.15, 0.2) is 0 Å². The molecular formula is C12H19N3O4. The maximum absolute atomic E-state index is 11.6. The van der Waals surface area contributed by atoms with Gasteiger partial charge in [0.05, 0.1) is 12.2 Å². The van der Waals surface area contributed by atoms with E-state index in [1.165, 1.54) is 0 Å². The normalized spacial score (nSPS) is 12.3. The first kappa shape index (κ1) is 15.0. The Labute approximate surface area is 111 Å². The van der Waals surface area contributed by atoms with Gasteiger partial charge in [-0.1, -0.05) is 13.8 Å². The number of carboxylic acids is 1. The number of aromatic nitrogens is 1. The van der Waals surface area contributed by atoms with Gasteiger partial charge in [0.25, 0.3) is 0 Å². The Morgan fingerprint density at radius 1 is 1.37 bits per heavy atom. The molecule has 1 rings (SSSR count). The molecule has 1 aromatic heterocycles. The van der Waals surface area contributed by atoms with Crippen LogP contribution in [0.5, 0.6) is 0 Å². The number of hydrogen-bond acceptors (Lipinski definition) is 4. The lowest BCUT2D eigenvalue weighted by atomic mass is 10.1. The van der Waals surface area contributed by atoms with Crippen molar-refractivity contribution >= 4 is 12.0 Å². The highest BCUT2D eigenvalue weighted by Gasteiger charge is 2.23. The zero-order chi connectivity index (χ0) is 14.6. The molecule has 0 saturated carbocycles. The molecule has 0 aliphatic rings. The summed E-state index contributed by atoms with van der Waals surface area (Å²) in [5, 5.41) is 13.8. The average molecular weight is 269 g/mol. The largest absolute Gasteiger partial charge is 0.480 e. The molecule has 0 saturated heterocycles. The third-order valence-corrected chi connectivity index (χ3v) is 2.69. The van der Waals surface area contributed by atoms with E-state index in [9.17, 15) is 9.59 Å². The highest BCUT2D eigenvalue weighted by atomic mass is 16.4. The summed E-state index contributed by atoms with van der Waals surface area (Å²) < 4.78 is 5.29. The maximum Gasteiger partial charge on any atom is 0.326 e. The number of nitrogens with one attached hydrogen (secondary N) is 2. The van der Waals surface area contributed by atoms with Gasteiger partial charge >= 0.3 is 12.0 Å². The summed E-state index contributed by atoms with van der Waals surface area (Å²) in [5.74, 6) is -0.174. The Morgan fingerprint density at radius 2 is 2.00 bits per heavy atom. The Hall–Kier alpha value is -2.05. The number of carbonyl (C=O) groups is 2. The van der Waals surface area contributed by atoms with Crippen LogP contribution in [0.1, 0.15) is 31.2 Å². The summed E-state index contributed by atoms with van der Waals surface area (Å²) in [4.78, 5) is 26.6. The first-order valence-corrected chi connectivity index (χ1v) is 6.01. The number of nitrogens with zero attached hydrogens (tertiary/aromatic N) is 1. The summed E-state index contributed by atoms with van der Waals surface area (Å²) in [6.45, 7) is 7.15. The van der Waals surface area contributed by atoms with Crippen LogP contribution in [0.2, 0.25) is 0 Å². The Morgan fingerprint density at radius 3 is 2.42 bits per heavy atom. The van der Waals surface area contributed by atoms with E-state index in [0.717, 1.165) is 5.69 Å². The molecule has 0 spiro atoms. The van der Waals surface area contributed by atoms with E-state index >= 15 is 0 Å². The van der Waals surface area contributed by atoms with Crippen molar-refractivity contribution in [2.75, 3.05) is 0 Å². The van der Waals surface area contributed by atoms with Crippen molar-refractivity contribution in [3.8, 4) is 0 Å². The fourth-order valence-corrected chi connectivity index (χ4v) is 1.48. The highest BCUT2D eigenvalue weighted by Crippen LogP contribution is 2.07. The van der Waals surface area contributed by atoms with Crippen LogP contribution in [-0.2, 0) is 11.3 Å². The fourth-order valence-electron chi connectivity index (χ4n) is 1.48. The number of carboxylic acid groups (broad SMARTS) is 1. The Balaban J connectivity index is 2.49. The molecule has 0 bridgehead atoms. The monoisotopic (exact) mass is 269 g/mol. The zero-order valence-electron chi connectivity index (χ0n) is 11.5. The smallest absolute Gasteiger partial charge is 0.326 e. The van der Waals surface area contributed by atoms with E-state index in [-0.39, 0.29) is 12.5 Å². The van der Waals surface area contributed by atoms with Gasteiger partial charge in [-0.05, 0) is 19.8 Å². The third-order valence-electron chi connectivity index (χ3n) is 2.69. The van der Waals surface area contributed by atoms with Crippen LogP contribution in [-0.4, -0.2) is 28.1 Å². The summed E-state index contributed by atoms with van der Waals surface area (Å²) in [7, 11) is 0. The number of aliphatic carboxylic acids is 1. The lowest BCUT2D eigenvalue weighted by Gasteiger charge is -2.17. The minimum absolute atomic E-state index is 0.116. The summed E-state index contributed by atoms with van der Waals surface area (Å²) >= 11 is 0. The first-order chi connectivity index (χ1) is 8.81. The number of oxazole rings is 1. The first-order valence-electron chi connectivity index (χ1n) is 6.01. The van der Waals surface area contributed by atoms with Crippen LogP contribution in [0, 0.1) is 19.8 Å². The Bertz CT molecular complexity index is 448. The SMILES string of the molecule is Cc1nc(CNC(=O)NC(C(=O)O)C(C)C)oc1C. The van der Waals surface area contributed by atoms with E-state index in [2.05, 4.69) is 15.6 Å². The van der Waals surface area contributed by atoms with Crippen LogP contribution >= 0.6 is 0 Å². The average Bonchev–Trinajstić information content (AvgIpc) is 2.62. The molecule has 0 aliphatic heterocycles. The predicted molar refractivity (Wildman–Crippen MR) is 67.6 cm³/mol. The number of urea groups is 1. The molecule has 7 heteroatoms. The van der Waals surface area contributed by atoms with Crippen molar-refractivity contribution in [3.63, 3.8) is 0 Å². The van der Waals surface area contributed by atoms with Gasteiger partial charge in [-0.3, -0.25) is 0 Å². The van der Waals surface area contributed by atoms with Gasteiger partial charge in [-0.25, -0.2) is 14.6 Å². The highest BCUT2D eigenvalue weighted by molar-refractivity contribution is 5.82. The molecule has 1 aromatic rings. The quantitative estimate of drug-likeness (QED) is 0.745. The second-order valence-electron chi connectivity index (χ2n) is 4.64. The molecule has 106 valence electrons. The van der Waals surface area contributed by atoms with Gasteiger partial charge in [0, 0.05) is 0 Å². The summed E-state index contributed by atoms with van der Waals surface area (Å²) in [6.07, 6.45) is 0. The zero-order valence-corrected chi connectivity index (χ0v) is 11.5. The molecular weight excluding hydrogens is 250 g/mol. The van der Waals surface area contributed by atoms with Crippen LogP contribution in [0.15, 0.2) is 4.42 Å². The molecule has 2 amide bonds. The number of amides is 2. The molecule has 19 heavy (non-hydrogen) atoms. The van der Waals surface area contributed by atoms with Gasteiger partial charge in [-0.15, -0.1) is 0 Å². The van der Waals surface area contributed by atoms with E-state index < -0.39 is 18.0 Å². The van der Waals surface area contributed by atoms with Gasteiger partial charge in [0.1, 0.15) is 11.8 Å². The van der Waals surface area contributed by atoms with Crippen molar-refractivity contribution in [2.24, 2.45) is 5.92 Å². The van der Waals surface area contributed by atoms with Crippen LogP contribution < -0.4 is 10.6 Å². The summed E-state index contributed by atoms with van der Waals surface area (Å²) in [5.41, 5.74) is 0.766. The predicted octanol–water partition coefficient (Wildman–Crippen LogP) is 1.20. The lowest BCUT2D eigenvalue weighted by Crippen LogP contribution is -2.48. The van der Waals surface area contributed by atoms with Crippen molar-refractivity contribution < 1.29 is 19.1 Å². The molecule has 1 atom stereocenters. The topological polar surface area (TPSA) is 104 Å². The molecule has 0 aromatic carbocycles. The van der Waals surface area contributed by atoms with Crippen molar-refractivity contribution in [3.05, 3.63) is 17.3 Å². The lowest BCUT2D eigenvalue weighted by molar-refractivity contribution is -0.140. The van der Waals surface area contributed by atoms with Crippen molar-refractivity contribution in [1.82, 2.24) is 15.6 Å². The standard InChI is InChI=1S/C12H19N3O4/c1-6(2)10(11(16)17)15-12(18)13-5-9-14-7(3)8(4)19-9/h6,10H,5H2,1-4H3,(H,16,17)(H2,13,15,18). The van der Waals surface area contributed by atoms with Gasteiger partial charge in [0.2, 0.25) is 5.89 Å². The fraction of sp³-hybridized carbons (Fsp3) is 0.583. The van der Waals surface area contributed by atoms with Gasteiger partial charge < -0.3 is 20.2 Å². The Kier molecular flexibility index (Phi) is 4.91. The molecule has 1 unspecified atom stereocenters. The number of hydrogen-bond donors (Lipinski definition) is 3. The molecule has 1 heterocycles. The van der Waals surface area contributed by atoms with E-state index in [1.54, 1.807) is 20.8 Å². The van der Waals surface area contributed by atoms with Gasteiger partial charge in [-0.2, -0.15) is 0 Å². The molecule has 0 aliphatic carbocycles.